The van der Waals surface area contributed by atoms with Crippen LogP contribution >= 0.6 is 11.6 Å². The number of aryl methyl sites for hydroxylation is 1. The van der Waals surface area contributed by atoms with E-state index in [0.29, 0.717) is 0 Å². The van der Waals surface area contributed by atoms with Gasteiger partial charge in [-0.2, -0.15) is 40.2 Å². The lowest BCUT2D eigenvalue weighted by molar-refractivity contribution is -0.292. The fraction of sp³-hybridized carbons (Fsp3) is 0.294. The molecule has 3 rings (SSSR count). The Bertz CT molecular complexity index is 1150. The summed E-state index contributed by atoms with van der Waals surface area (Å²) in [6.07, 6.45) is -13.5. The maximum atomic E-state index is 13.8. The smallest absolute Gasteiger partial charge is 0.374 e. The van der Waals surface area contributed by atoms with Crippen LogP contribution in [0.25, 0.3) is 22.7 Å². The number of aromatic nitrogens is 3. The molecule has 32 heavy (non-hydrogen) atoms. The van der Waals surface area contributed by atoms with Gasteiger partial charge in [0.2, 0.25) is 0 Å². The molecule has 174 valence electrons. The lowest BCUT2D eigenvalue weighted by atomic mass is 10.0. The average Bonchev–Trinajstić information content (AvgIpc) is 3.25. The van der Waals surface area contributed by atoms with Crippen molar-refractivity contribution >= 4 is 11.6 Å². The Labute approximate surface area is 178 Å². The third kappa shape index (κ3) is 4.04. The molecule has 2 heterocycles. The first kappa shape index (κ1) is 23.9. The number of aliphatic hydroxyl groups is 1. The number of nitrogens with two attached hydrogens (primary N) is 1. The number of aliphatic hydroxyl groups excluding tert-OH is 1. The van der Waals surface area contributed by atoms with Gasteiger partial charge in [-0.3, -0.25) is 4.68 Å². The van der Waals surface area contributed by atoms with E-state index in [1.807, 2.05) is 0 Å². The minimum absolute atomic E-state index is 0.0331. The zero-order chi connectivity index (χ0) is 24.2. The van der Waals surface area contributed by atoms with Crippen molar-refractivity contribution in [3.05, 3.63) is 46.1 Å². The highest BCUT2D eigenvalue weighted by Gasteiger charge is 2.64. The first-order valence-corrected chi connectivity index (χ1v) is 8.73. The Balaban J connectivity index is 2.19. The van der Waals surface area contributed by atoms with Crippen LogP contribution in [0.3, 0.4) is 0 Å². The highest BCUT2D eigenvalue weighted by Crippen LogP contribution is 2.50. The molecule has 1 atom stereocenters. The lowest BCUT2D eigenvalue weighted by Gasteiger charge is -2.19. The highest BCUT2D eigenvalue weighted by molar-refractivity contribution is 6.31. The van der Waals surface area contributed by atoms with Crippen LogP contribution in [0.2, 0.25) is 5.02 Å². The first-order valence-electron chi connectivity index (χ1n) is 8.35. The Hall–Kier alpha value is -2.71. The van der Waals surface area contributed by atoms with Gasteiger partial charge in [-0.25, -0.2) is 0 Å². The van der Waals surface area contributed by atoms with Gasteiger partial charge in [0, 0.05) is 29.3 Å². The zero-order valence-corrected chi connectivity index (χ0v) is 16.3. The molecule has 3 N–H and O–H groups in total. The fourth-order valence-electron chi connectivity index (χ4n) is 2.89. The Morgan fingerprint density at radius 2 is 1.72 bits per heavy atom. The summed E-state index contributed by atoms with van der Waals surface area (Å²) in [5.41, 5.74) is -1.19. The van der Waals surface area contributed by atoms with Gasteiger partial charge in [0.05, 0.1) is 0 Å². The summed E-state index contributed by atoms with van der Waals surface area (Å²) in [6.45, 7) is 0. The highest BCUT2D eigenvalue weighted by atomic mass is 35.5. The van der Waals surface area contributed by atoms with E-state index in [2.05, 4.69) is 10.3 Å². The van der Waals surface area contributed by atoms with E-state index in [9.17, 15) is 40.2 Å². The second-order valence-electron chi connectivity index (χ2n) is 6.52. The monoisotopic (exact) mass is 490 g/mol. The minimum Gasteiger partial charge on any atom is -0.374 e. The van der Waals surface area contributed by atoms with Crippen molar-refractivity contribution in [3.8, 4) is 22.7 Å². The molecule has 0 bridgehead atoms. The number of benzene rings is 1. The molecule has 3 aromatic rings. The van der Waals surface area contributed by atoms with E-state index in [-0.39, 0.29) is 26.6 Å². The van der Waals surface area contributed by atoms with Crippen molar-refractivity contribution in [3.63, 3.8) is 0 Å². The maximum Gasteiger partial charge on any atom is 0.459 e. The molecule has 0 radical (unpaired) electrons. The van der Waals surface area contributed by atoms with Gasteiger partial charge in [0.15, 0.2) is 11.5 Å². The molecular weight excluding hydrogens is 480 g/mol. The van der Waals surface area contributed by atoms with E-state index in [0.717, 1.165) is 13.1 Å². The van der Waals surface area contributed by atoms with Crippen LogP contribution in [-0.2, 0) is 19.1 Å². The third-order valence-corrected chi connectivity index (χ3v) is 4.68. The molecule has 1 unspecified atom stereocenters. The summed E-state index contributed by atoms with van der Waals surface area (Å²) >= 11 is 5.87. The Morgan fingerprint density at radius 3 is 2.25 bits per heavy atom. The van der Waals surface area contributed by atoms with Gasteiger partial charge in [-0.05, 0) is 18.2 Å². The Morgan fingerprint density at radius 1 is 1.09 bits per heavy atom. The van der Waals surface area contributed by atoms with Crippen molar-refractivity contribution < 1.29 is 44.8 Å². The number of hydrogen-bond acceptors (Lipinski definition) is 5. The van der Waals surface area contributed by atoms with E-state index >= 15 is 0 Å². The Kier molecular flexibility index (Phi) is 5.77. The predicted octanol–water partition coefficient (Wildman–Crippen LogP) is 5.02. The zero-order valence-electron chi connectivity index (χ0n) is 15.6. The molecule has 0 aliphatic carbocycles. The summed E-state index contributed by atoms with van der Waals surface area (Å²) in [5.74, 6) is -6.10. The van der Waals surface area contributed by atoms with E-state index in [4.69, 9.17) is 21.9 Å². The van der Waals surface area contributed by atoms with Gasteiger partial charge in [0.25, 0.3) is 0 Å². The van der Waals surface area contributed by atoms with Crippen molar-refractivity contribution in [1.82, 2.24) is 14.9 Å². The lowest BCUT2D eigenvalue weighted by Crippen LogP contribution is -2.36. The van der Waals surface area contributed by atoms with Crippen LogP contribution < -0.4 is 5.73 Å². The topological polar surface area (TPSA) is 90.1 Å². The number of halogens is 9. The molecule has 0 amide bonds. The minimum atomic E-state index is -6.32. The van der Waals surface area contributed by atoms with Crippen LogP contribution in [0, 0.1) is 0 Å². The molecule has 0 aliphatic heterocycles. The van der Waals surface area contributed by atoms with Crippen LogP contribution in [0.15, 0.2) is 28.8 Å². The average molecular weight is 491 g/mol. The molecule has 1 aromatic carbocycles. The summed E-state index contributed by atoms with van der Waals surface area (Å²) in [7, 11) is 0.750. The predicted molar refractivity (Wildman–Crippen MR) is 93.2 cm³/mol. The van der Waals surface area contributed by atoms with Crippen LogP contribution in [0.5, 0.6) is 0 Å². The number of nitrogens with zero attached hydrogens (tertiary/aromatic N) is 3. The molecule has 15 heteroatoms. The SMILES string of the molecule is Cn1nc(C(F)(F)C(F)(F)F)c(C(F)(F)F)c1-c1cc(-c2ccc(Cl)c(C(N)O)c2)on1. The quantitative estimate of drug-likeness (QED) is 0.396. The third-order valence-electron chi connectivity index (χ3n) is 4.34. The fourth-order valence-corrected chi connectivity index (χ4v) is 3.12. The van der Waals surface area contributed by atoms with Crippen molar-refractivity contribution in [1.29, 1.82) is 0 Å². The molecule has 2 aromatic heterocycles. The van der Waals surface area contributed by atoms with Gasteiger partial charge in [-0.15, -0.1) is 0 Å². The van der Waals surface area contributed by atoms with Crippen molar-refractivity contribution in [2.75, 3.05) is 0 Å². The molecule has 0 spiro atoms. The maximum absolute atomic E-state index is 13.8. The molecule has 0 saturated carbocycles. The number of rotatable bonds is 4. The van der Waals surface area contributed by atoms with Crippen LogP contribution in [0.1, 0.15) is 23.0 Å². The van der Waals surface area contributed by atoms with Crippen molar-refractivity contribution in [2.24, 2.45) is 12.8 Å². The standard InChI is InChI=1S/C17H11ClF8N4O2/c1-30-12(11(16(21,22)23)13(28-30)15(19,20)17(24,25)26)9-5-10(32-29-9)6-2-3-8(18)7(4-6)14(27)31/h2-5,14,31H,27H2,1H3. The van der Waals surface area contributed by atoms with Crippen molar-refractivity contribution in [2.45, 2.75) is 24.5 Å². The van der Waals surface area contributed by atoms with Crippen LogP contribution in [-0.4, -0.2) is 26.2 Å². The molecule has 6 nitrogen and oxygen atoms in total. The summed E-state index contributed by atoms with van der Waals surface area (Å²) in [4.78, 5) is 0. The summed E-state index contributed by atoms with van der Waals surface area (Å²) < 4.78 is 112. The van der Waals surface area contributed by atoms with E-state index < -0.39 is 47.1 Å². The molecular formula is C17H11ClF8N4O2. The van der Waals surface area contributed by atoms with E-state index in [1.54, 1.807) is 0 Å². The van der Waals surface area contributed by atoms with Crippen LogP contribution in [0.4, 0.5) is 35.1 Å². The largest absolute Gasteiger partial charge is 0.459 e. The van der Waals surface area contributed by atoms with Gasteiger partial charge >= 0.3 is 18.3 Å². The first-order chi connectivity index (χ1) is 14.6. The summed E-state index contributed by atoms with van der Waals surface area (Å²) in [6, 6.07) is 4.72. The molecule has 0 aliphatic rings. The second kappa shape index (κ2) is 7.71. The molecule has 0 fully saturated rings. The summed E-state index contributed by atoms with van der Waals surface area (Å²) in [5, 5.41) is 15.7. The second-order valence-corrected chi connectivity index (χ2v) is 6.93. The van der Waals surface area contributed by atoms with E-state index in [1.165, 1.54) is 18.2 Å². The van der Waals surface area contributed by atoms with Gasteiger partial charge < -0.3 is 15.4 Å². The number of alkyl halides is 8. The molecule has 0 saturated heterocycles. The normalized spacial score (nSPS) is 14.1. The van der Waals surface area contributed by atoms with Gasteiger partial charge in [0.1, 0.15) is 23.2 Å². The van der Waals surface area contributed by atoms with Gasteiger partial charge in [-0.1, -0.05) is 16.8 Å². The number of hydrogen-bond donors (Lipinski definition) is 2.